The van der Waals surface area contributed by atoms with Crippen LogP contribution >= 0.6 is 0 Å². The number of fused-ring (bicyclic) bond motifs is 1. The first-order valence-electron chi connectivity index (χ1n) is 16.2. The summed E-state index contributed by atoms with van der Waals surface area (Å²) in [7, 11) is 3.15. The molecule has 49 heavy (non-hydrogen) atoms. The number of hydrogen-bond acceptors (Lipinski definition) is 8. The van der Waals surface area contributed by atoms with Gasteiger partial charge >= 0.3 is 12.2 Å². The number of carbonyl (C=O) groups is 2. The molecule has 0 bridgehead atoms. The lowest BCUT2D eigenvalue weighted by molar-refractivity contribution is 0.0545. The number of hydrogen-bond donors (Lipinski definition) is 2. The van der Waals surface area contributed by atoms with Gasteiger partial charge < -0.3 is 18.9 Å². The van der Waals surface area contributed by atoms with E-state index in [0.717, 1.165) is 27.5 Å². The van der Waals surface area contributed by atoms with Gasteiger partial charge in [-0.3, -0.25) is 15.6 Å². The summed E-state index contributed by atoms with van der Waals surface area (Å²) in [6.45, 7) is 17.0. The molecule has 1 aromatic heterocycles. The molecular weight excluding hydrogens is 620 g/mol. The highest BCUT2D eigenvalue weighted by Gasteiger charge is 2.22. The third kappa shape index (κ3) is 10.2. The minimum absolute atomic E-state index is 0.0125. The zero-order chi connectivity index (χ0) is 36.1. The monoisotopic (exact) mass is 668 g/mol. The van der Waals surface area contributed by atoms with Gasteiger partial charge in [-0.15, -0.1) is 0 Å². The highest BCUT2D eigenvalue weighted by atomic mass is 16.6. The number of guanidine groups is 1. The third-order valence-electron chi connectivity index (χ3n) is 7.26. The maximum atomic E-state index is 12.7. The Bertz CT molecular complexity index is 1830. The van der Waals surface area contributed by atoms with Crippen LogP contribution in [0.25, 0.3) is 33.2 Å². The summed E-state index contributed by atoms with van der Waals surface area (Å²) in [6, 6.07) is 22.5. The number of pyridine rings is 1. The van der Waals surface area contributed by atoms with Gasteiger partial charge in [0.05, 0.1) is 32.2 Å². The van der Waals surface area contributed by atoms with Gasteiger partial charge in [-0.2, -0.15) is 0 Å². The van der Waals surface area contributed by atoms with E-state index in [0.29, 0.717) is 22.9 Å². The van der Waals surface area contributed by atoms with E-state index in [1.165, 1.54) is 5.56 Å². The highest BCUT2D eigenvalue weighted by molar-refractivity contribution is 6.01. The average molecular weight is 669 g/mol. The fraction of sp³-hybridized carbons (Fsp3) is 0.385. The van der Waals surface area contributed by atoms with E-state index in [4.69, 9.17) is 23.9 Å². The summed E-state index contributed by atoms with van der Waals surface area (Å²) >= 11 is 0. The molecule has 0 spiro atoms. The fourth-order valence-corrected chi connectivity index (χ4v) is 5.01. The van der Waals surface area contributed by atoms with Crippen LogP contribution in [-0.4, -0.2) is 48.6 Å². The quantitative estimate of drug-likeness (QED) is 0.156. The van der Waals surface area contributed by atoms with Crippen molar-refractivity contribution < 1.29 is 28.5 Å². The van der Waals surface area contributed by atoms with Crippen molar-refractivity contribution in [3.05, 3.63) is 78.0 Å². The largest absolute Gasteiger partial charge is 0.493 e. The van der Waals surface area contributed by atoms with Crippen LogP contribution in [0.15, 0.2) is 71.7 Å². The highest BCUT2D eigenvalue weighted by Crippen LogP contribution is 2.36. The molecule has 3 aromatic carbocycles. The molecule has 0 aliphatic carbocycles. The number of carbonyl (C=O) groups excluding carboxylic acids is 2. The minimum Gasteiger partial charge on any atom is -0.493 e. The molecule has 2 N–H and O–H groups in total. The molecule has 4 rings (SSSR count). The topological polar surface area (TPSA) is 120 Å². The summed E-state index contributed by atoms with van der Waals surface area (Å²) in [4.78, 5) is 35.1. The second-order valence-electron chi connectivity index (χ2n) is 14.7. The van der Waals surface area contributed by atoms with Crippen molar-refractivity contribution in [2.24, 2.45) is 4.99 Å². The van der Waals surface area contributed by atoms with Crippen molar-refractivity contribution in [1.82, 2.24) is 15.6 Å². The van der Waals surface area contributed by atoms with Gasteiger partial charge in [-0.1, -0.05) is 63.2 Å². The van der Waals surface area contributed by atoms with Crippen LogP contribution < -0.4 is 20.1 Å². The molecular formula is C39H48N4O6. The number of benzene rings is 3. The van der Waals surface area contributed by atoms with Gasteiger partial charge in [0.15, 0.2) is 11.5 Å². The predicted octanol–water partition coefficient (Wildman–Crippen LogP) is 8.79. The van der Waals surface area contributed by atoms with Crippen LogP contribution in [0.5, 0.6) is 11.5 Å². The number of nitrogens with one attached hydrogen (secondary N) is 2. The van der Waals surface area contributed by atoms with E-state index < -0.39 is 23.4 Å². The molecule has 2 amide bonds. The Labute approximate surface area is 289 Å². The molecule has 0 saturated heterocycles. The van der Waals surface area contributed by atoms with Gasteiger partial charge in [-0.05, 0) is 93.3 Å². The van der Waals surface area contributed by atoms with E-state index in [1.54, 1.807) is 55.8 Å². The maximum absolute atomic E-state index is 12.7. The zero-order valence-corrected chi connectivity index (χ0v) is 30.4. The Kier molecular flexibility index (Phi) is 10.9. The van der Waals surface area contributed by atoms with E-state index in [2.05, 4.69) is 72.8 Å². The summed E-state index contributed by atoms with van der Waals surface area (Å²) < 4.78 is 22.0. The molecule has 4 aromatic rings. The first-order chi connectivity index (χ1) is 22.8. The lowest BCUT2D eigenvalue weighted by Crippen LogP contribution is -2.47. The van der Waals surface area contributed by atoms with Crippen LogP contribution in [0.2, 0.25) is 0 Å². The molecule has 10 nitrogen and oxygen atoms in total. The number of nitrogens with zero attached hydrogens (tertiary/aromatic N) is 2. The Morgan fingerprint density at radius 3 is 1.78 bits per heavy atom. The number of methoxy groups -OCH3 is 2. The van der Waals surface area contributed by atoms with Crippen molar-refractivity contribution in [2.75, 3.05) is 14.2 Å². The molecule has 1 heterocycles. The van der Waals surface area contributed by atoms with Crippen LogP contribution in [-0.2, 0) is 21.4 Å². The summed E-state index contributed by atoms with van der Waals surface area (Å²) in [5, 5.41) is 6.68. The molecule has 0 fully saturated rings. The Morgan fingerprint density at radius 1 is 0.694 bits per heavy atom. The Balaban J connectivity index is 1.82. The summed E-state index contributed by atoms with van der Waals surface area (Å²) in [5.74, 6) is 0.938. The lowest BCUT2D eigenvalue weighted by atomic mass is 9.85. The second kappa shape index (κ2) is 14.6. The van der Waals surface area contributed by atoms with E-state index in [9.17, 15) is 9.59 Å². The number of aromatic nitrogens is 1. The van der Waals surface area contributed by atoms with Gasteiger partial charge in [0, 0.05) is 10.9 Å². The van der Waals surface area contributed by atoms with Crippen LogP contribution in [0, 0.1) is 0 Å². The molecule has 0 aliphatic heterocycles. The number of amides is 2. The number of rotatable bonds is 6. The standard InChI is InChI=1S/C39H48N4O6/c1-37(2,3)28-17-13-15-25(19-28)24-14-12-16-26(18-24)30-20-27-21-32(46-10)33(47-11)22-29(27)31(41-30)23-40-34(42-35(44)48-38(4,5)6)43-36(45)49-39(7,8)9/h12-22H,23H2,1-11H3,(H2,40,42,43,44,45). The molecule has 10 heteroatoms. The summed E-state index contributed by atoms with van der Waals surface area (Å²) in [6.07, 6.45) is -1.57. The first kappa shape index (κ1) is 36.7. The number of alkyl carbamates (subject to hydrolysis) is 2. The molecule has 0 saturated carbocycles. The van der Waals surface area contributed by atoms with Crippen molar-refractivity contribution in [3.8, 4) is 33.9 Å². The number of ether oxygens (including phenoxy) is 4. The SMILES string of the molecule is COc1cc2cc(-c3cccc(-c4cccc(C(C)(C)C)c4)c3)nc(CN=C(NC(=O)OC(C)(C)C)NC(=O)OC(C)(C)C)c2cc1OC. The molecule has 0 atom stereocenters. The van der Waals surface area contributed by atoms with Crippen LogP contribution in [0.1, 0.15) is 73.6 Å². The lowest BCUT2D eigenvalue weighted by Gasteiger charge is -2.22. The van der Waals surface area contributed by atoms with Crippen LogP contribution in [0.4, 0.5) is 9.59 Å². The predicted molar refractivity (Wildman–Crippen MR) is 194 cm³/mol. The van der Waals surface area contributed by atoms with E-state index in [-0.39, 0.29) is 17.9 Å². The second-order valence-corrected chi connectivity index (χ2v) is 14.7. The van der Waals surface area contributed by atoms with Crippen molar-refractivity contribution in [1.29, 1.82) is 0 Å². The first-order valence-corrected chi connectivity index (χ1v) is 16.2. The van der Waals surface area contributed by atoms with Gasteiger partial charge in [0.2, 0.25) is 5.96 Å². The fourth-order valence-electron chi connectivity index (χ4n) is 5.01. The molecule has 260 valence electrons. The molecule has 0 aliphatic rings. The maximum Gasteiger partial charge on any atom is 0.414 e. The van der Waals surface area contributed by atoms with Crippen molar-refractivity contribution >= 4 is 28.9 Å². The van der Waals surface area contributed by atoms with Gasteiger partial charge in [-0.25, -0.2) is 14.6 Å². The molecule has 0 radical (unpaired) electrons. The normalized spacial score (nSPS) is 11.8. The third-order valence-corrected chi connectivity index (χ3v) is 7.26. The minimum atomic E-state index is -0.785. The molecule has 0 unspecified atom stereocenters. The van der Waals surface area contributed by atoms with E-state index in [1.807, 2.05) is 30.3 Å². The van der Waals surface area contributed by atoms with Gasteiger partial charge in [0.1, 0.15) is 11.2 Å². The summed E-state index contributed by atoms with van der Waals surface area (Å²) in [5.41, 5.74) is 4.06. The van der Waals surface area contributed by atoms with E-state index >= 15 is 0 Å². The van der Waals surface area contributed by atoms with Gasteiger partial charge in [0.25, 0.3) is 0 Å². The Hall–Kier alpha value is -5.12. The van der Waals surface area contributed by atoms with Crippen molar-refractivity contribution in [3.63, 3.8) is 0 Å². The zero-order valence-electron chi connectivity index (χ0n) is 30.4. The van der Waals surface area contributed by atoms with Crippen molar-refractivity contribution in [2.45, 2.75) is 85.5 Å². The Morgan fingerprint density at radius 2 is 1.22 bits per heavy atom. The smallest absolute Gasteiger partial charge is 0.414 e. The van der Waals surface area contributed by atoms with Crippen LogP contribution in [0.3, 0.4) is 0 Å². The average Bonchev–Trinajstić information content (AvgIpc) is 3.00. The number of aliphatic imine (C=N–C) groups is 1.